The standard InChI is InChI=1S/C22H35N3O4/c1-21-7-5-13(29-20(27)24-10-9-23)11-17(21)18(25-28)12-14-15-3-4-19(26)22(15,2)8-6-16(14)21/h13-17,28H,3-12,23H2,1-2H3,(H,24,27)/b25-18+/t13-,14-,15-,16-,17?,21+,22-/m0/s1. The van der Waals surface area contributed by atoms with Crippen molar-refractivity contribution in [3.05, 3.63) is 0 Å². The smallest absolute Gasteiger partial charge is 0.407 e. The Bertz CT molecular complexity index is 710. The first kappa shape index (κ1) is 20.6. The summed E-state index contributed by atoms with van der Waals surface area (Å²) in [6.45, 7) is 5.29. The third-order valence-corrected chi connectivity index (χ3v) is 8.96. The second-order valence-electron chi connectivity index (χ2n) is 10.2. The molecule has 7 heteroatoms. The highest BCUT2D eigenvalue weighted by Gasteiger charge is 2.62. The summed E-state index contributed by atoms with van der Waals surface area (Å²) in [6, 6.07) is 0. The predicted molar refractivity (Wildman–Crippen MR) is 109 cm³/mol. The van der Waals surface area contributed by atoms with Gasteiger partial charge in [0.2, 0.25) is 0 Å². The molecule has 0 saturated heterocycles. The van der Waals surface area contributed by atoms with Crippen LogP contribution in [0.4, 0.5) is 4.79 Å². The number of carbonyl (C=O) groups excluding carboxylic acids is 2. The molecule has 0 aromatic carbocycles. The molecule has 0 aliphatic heterocycles. The number of nitrogens with zero attached hydrogens (tertiary/aromatic N) is 1. The van der Waals surface area contributed by atoms with Crippen LogP contribution < -0.4 is 11.1 Å². The Kier molecular flexibility index (Phi) is 5.38. The number of nitrogens with two attached hydrogens (primary N) is 1. The molecule has 4 fully saturated rings. The number of fused-ring (bicyclic) bond motifs is 5. The lowest BCUT2D eigenvalue weighted by Crippen LogP contribution is -2.57. The largest absolute Gasteiger partial charge is 0.446 e. The van der Waals surface area contributed by atoms with Crippen molar-refractivity contribution in [2.45, 2.75) is 71.3 Å². The van der Waals surface area contributed by atoms with Crippen LogP contribution in [0, 0.1) is 34.5 Å². The second kappa shape index (κ2) is 7.56. The van der Waals surface area contributed by atoms with Crippen LogP contribution in [-0.2, 0) is 9.53 Å². The summed E-state index contributed by atoms with van der Waals surface area (Å²) in [5.74, 6) is 1.90. The van der Waals surface area contributed by atoms with E-state index in [9.17, 15) is 14.8 Å². The molecule has 0 spiro atoms. The Hall–Kier alpha value is -1.63. The summed E-state index contributed by atoms with van der Waals surface area (Å²) in [4.78, 5) is 24.6. The fourth-order valence-electron chi connectivity index (χ4n) is 7.39. The van der Waals surface area contributed by atoms with Gasteiger partial charge in [-0.3, -0.25) is 4.79 Å². The van der Waals surface area contributed by atoms with Crippen LogP contribution in [0.1, 0.15) is 65.2 Å². The van der Waals surface area contributed by atoms with E-state index in [2.05, 4.69) is 24.3 Å². The molecular formula is C22H35N3O4. The summed E-state index contributed by atoms with van der Waals surface area (Å²) < 4.78 is 5.63. The molecule has 0 aromatic rings. The highest BCUT2D eigenvalue weighted by atomic mass is 16.6. The highest BCUT2D eigenvalue weighted by Crippen LogP contribution is 2.65. The normalized spacial score (nSPS) is 45.3. The number of rotatable bonds is 3. The molecule has 0 aromatic heterocycles. The lowest BCUT2D eigenvalue weighted by Gasteiger charge is -2.60. The minimum Gasteiger partial charge on any atom is -0.446 e. The van der Waals surface area contributed by atoms with Gasteiger partial charge in [0.15, 0.2) is 0 Å². The molecule has 29 heavy (non-hydrogen) atoms. The zero-order chi connectivity index (χ0) is 20.8. The summed E-state index contributed by atoms with van der Waals surface area (Å²) in [7, 11) is 0. The monoisotopic (exact) mass is 405 g/mol. The molecule has 0 heterocycles. The molecule has 4 aliphatic rings. The number of ketones is 1. The van der Waals surface area contributed by atoms with Gasteiger partial charge < -0.3 is 21.0 Å². The number of alkyl carbamates (subject to hydrolysis) is 1. The third-order valence-electron chi connectivity index (χ3n) is 8.96. The van der Waals surface area contributed by atoms with E-state index < -0.39 is 6.09 Å². The first-order chi connectivity index (χ1) is 13.8. The maximum absolute atomic E-state index is 12.6. The van der Waals surface area contributed by atoms with Crippen LogP contribution in [0.25, 0.3) is 0 Å². The lowest BCUT2D eigenvalue weighted by atomic mass is 9.44. The molecule has 4 aliphatic carbocycles. The summed E-state index contributed by atoms with van der Waals surface area (Å²) in [6.07, 6.45) is 6.38. The maximum Gasteiger partial charge on any atom is 0.407 e. The van der Waals surface area contributed by atoms with Crippen molar-refractivity contribution >= 4 is 17.6 Å². The number of Topliss-reactive ketones (excluding diaryl/α,β-unsaturated/α-hetero) is 1. The number of amides is 1. The van der Waals surface area contributed by atoms with Gasteiger partial charge in [-0.25, -0.2) is 4.79 Å². The lowest BCUT2D eigenvalue weighted by molar-refractivity contribution is -0.134. The number of hydrogen-bond donors (Lipinski definition) is 3. The van der Waals surface area contributed by atoms with Gasteiger partial charge in [0.1, 0.15) is 11.9 Å². The Morgan fingerprint density at radius 1 is 1.28 bits per heavy atom. The average Bonchev–Trinajstić information content (AvgIpc) is 3.01. The van der Waals surface area contributed by atoms with Gasteiger partial charge >= 0.3 is 6.09 Å². The van der Waals surface area contributed by atoms with Crippen LogP contribution >= 0.6 is 0 Å². The maximum atomic E-state index is 12.6. The third kappa shape index (κ3) is 3.25. The molecule has 1 unspecified atom stereocenters. The minimum atomic E-state index is -0.418. The topological polar surface area (TPSA) is 114 Å². The molecule has 7 nitrogen and oxygen atoms in total. The SMILES string of the molecule is C[C@]12CC[C@H](OC(=O)NCCN)CC1/C(=N/O)C[C@@H]1[C@@H]2CC[C@]2(C)C(=O)CC[C@@H]12. The molecule has 4 saturated carbocycles. The van der Waals surface area contributed by atoms with Gasteiger partial charge in [-0.2, -0.15) is 0 Å². The van der Waals surface area contributed by atoms with Gasteiger partial charge in [-0.05, 0) is 68.1 Å². The summed E-state index contributed by atoms with van der Waals surface area (Å²) in [5.41, 5.74) is 6.12. The summed E-state index contributed by atoms with van der Waals surface area (Å²) in [5, 5.41) is 16.3. The molecule has 0 radical (unpaired) electrons. The van der Waals surface area contributed by atoms with Gasteiger partial charge in [-0.15, -0.1) is 0 Å². The van der Waals surface area contributed by atoms with Gasteiger partial charge in [0.05, 0.1) is 5.71 Å². The second-order valence-corrected chi connectivity index (χ2v) is 10.2. The Balaban J connectivity index is 1.53. The first-order valence-electron chi connectivity index (χ1n) is 11.2. The van der Waals surface area contributed by atoms with E-state index in [1.165, 1.54) is 0 Å². The number of oxime groups is 1. The van der Waals surface area contributed by atoms with Crippen molar-refractivity contribution in [3.8, 4) is 0 Å². The molecule has 4 N–H and O–H groups in total. The fourth-order valence-corrected chi connectivity index (χ4v) is 7.39. The van der Waals surface area contributed by atoms with Gasteiger partial charge in [0.25, 0.3) is 0 Å². The number of hydrogen-bond acceptors (Lipinski definition) is 6. The zero-order valence-electron chi connectivity index (χ0n) is 17.7. The van der Waals surface area contributed by atoms with E-state index >= 15 is 0 Å². The molecule has 7 atom stereocenters. The van der Waals surface area contributed by atoms with Crippen molar-refractivity contribution in [1.82, 2.24) is 5.32 Å². The fraction of sp³-hybridized carbons (Fsp3) is 0.864. The first-order valence-corrected chi connectivity index (χ1v) is 11.2. The van der Waals surface area contributed by atoms with E-state index in [0.29, 0.717) is 49.5 Å². The average molecular weight is 406 g/mol. The van der Waals surface area contributed by atoms with Crippen LogP contribution in [-0.4, -0.2) is 42.0 Å². The van der Waals surface area contributed by atoms with E-state index in [1.807, 2.05) is 0 Å². The zero-order valence-corrected chi connectivity index (χ0v) is 17.7. The quantitative estimate of drug-likeness (QED) is 0.493. The van der Waals surface area contributed by atoms with Crippen molar-refractivity contribution in [2.24, 2.45) is 45.4 Å². The molecule has 162 valence electrons. The van der Waals surface area contributed by atoms with E-state index in [1.54, 1.807) is 0 Å². The van der Waals surface area contributed by atoms with E-state index in [-0.39, 0.29) is 22.9 Å². The van der Waals surface area contributed by atoms with Crippen LogP contribution in [0.3, 0.4) is 0 Å². The van der Waals surface area contributed by atoms with Gasteiger partial charge in [0, 0.05) is 30.8 Å². The number of ether oxygens (including phenoxy) is 1. The number of carbonyl (C=O) groups is 2. The van der Waals surface area contributed by atoms with Crippen molar-refractivity contribution < 1.29 is 19.5 Å². The van der Waals surface area contributed by atoms with E-state index in [0.717, 1.165) is 44.2 Å². The molecule has 4 rings (SSSR count). The van der Waals surface area contributed by atoms with Crippen molar-refractivity contribution in [3.63, 3.8) is 0 Å². The van der Waals surface area contributed by atoms with Gasteiger partial charge in [-0.1, -0.05) is 19.0 Å². The number of nitrogens with one attached hydrogen (secondary N) is 1. The predicted octanol–water partition coefficient (Wildman–Crippen LogP) is 3.09. The molecule has 0 bridgehead atoms. The Morgan fingerprint density at radius 3 is 2.79 bits per heavy atom. The molecule has 1 amide bonds. The Morgan fingerprint density at radius 2 is 2.07 bits per heavy atom. The van der Waals surface area contributed by atoms with Crippen LogP contribution in [0.15, 0.2) is 5.16 Å². The van der Waals surface area contributed by atoms with Crippen LogP contribution in [0.2, 0.25) is 0 Å². The van der Waals surface area contributed by atoms with Crippen LogP contribution in [0.5, 0.6) is 0 Å². The van der Waals surface area contributed by atoms with E-state index in [4.69, 9.17) is 10.5 Å². The molecular weight excluding hydrogens is 370 g/mol. The summed E-state index contributed by atoms with van der Waals surface area (Å²) >= 11 is 0. The minimum absolute atomic E-state index is 0.0328. The van der Waals surface area contributed by atoms with Crippen molar-refractivity contribution in [1.29, 1.82) is 0 Å². The van der Waals surface area contributed by atoms with Crippen molar-refractivity contribution in [2.75, 3.05) is 13.1 Å². The highest BCUT2D eigenvalue weighted by molar-refractivity contribution is 5.90. The Labute approximate surface area is 172 Å².